The molecule has 0 aliphatic heterocycles. The Balaban J connectivity index is 2.02. The Morgan fingerprint density at radius 3 is 2.41 bits per heavy atom. The van der Waals surface area contributed by atoms with E-state index in [-0.39, 0.29) is 22.6 Å². The van der Waals surface area contributed by atoms with Gasteiger partial charge in [0, 0.05) is 17.6 Å². The van der Waals surface area contributed by atoms with Crippen LogP contribution in [-0.4, -0.2) is 10.5 Å². The number of nitrogens with one attached hydrogen (secondary N) is 1. The topological polar surface area (TPSA) is 57.8 Å². The molecule has 0 aliphatic carbocycles. The summed E-state index contributed by atoms with van der Waals surface area (Å²) in [6.45, 7) is 0. The fraction of sp³-hybridized carbons (Fsp3) is 0.0526. The number of hydrogen-bond donors (Lipinski definition) is 1. The standard InChI is InChI=1S/C19H11F4N3O/c20-14-4-6-15(7-5-14)25-18(27)17-12(11-24)8-9-26(17)16-3-1-2-13(10-16)19(21,22)23/h1-10H,(H,25,27). The molecule has 0 bridgehead atoms. The van der Waals surface area contributed by atoms with E-state index < -0.39 is 23.5 Å². The molecular weight excluding hydrogens is 362 g/mol. The Labute approximate surface area is 151 Å². The number of aromatic nitrogens is 1. The van der Waals surface area contributed by atoms with Crippen LogP contribution in [0, 0.1) is 17.1 Å². The Morgan fingerprint density at radius 2 is 1.78 bits per heavy atom. The largest absolute Gasteiger partial charge is 0.416 e. The minimum atomic E-state index is -4.54. The first kappa shape index (κ1) is 18.2. The number of amides is 1. The highest BCUT2D eigenvalue weighted by Crippen LogP contribution is 2.31. The highest BCUT2D eigenvalue weighted by Gasteiger charge is 2.31. The number of nitrogens with zero attached hydrogens (tertiary/aromatic N) is 2. The molecule has 0 unspecified atom stereocenters. The van der Waals surface area contributed by atoms with E-state index in [1.807, 2.05) is 6.07 Å². The molecule has 1 aromatic heterocycles. The van der Waals surface area contributed by atoms with Gasteiger partial charge in [0.2, 0.25) is 0 Å². The SMILES string of the molecule is N#Cc1ccn(-c2cccc(C(F)(F)F)c2)c1C(=O)Nc1ccc(F)cc1. The van der Waals surface area contributed by atoms with Crippen molar-refractivity contribution in [3.05, 3.63) is 83.4 Å². The van der Waals surface area contributed by atoms with Gasteiger partial charge in [-0.15, -0.1) is 0 Å². The number of carbonyl (C=O) groups is 1. The van der Waals surface area contributed by atoms with Crippen molar-refractivity contribution in [2.75, 3.05) is 5.32 Å². The second-order valence-electron chi connectivity index (χ2n) is 5.57. The monoisotopic (exact) mass is 373 g/mol. The second-order valence-corrected chi connectivity index (χ2v) is 5.57. The van der Waals surface area contributed by atoms with Crippen LogP contribution in [0.5, 0.6) is 0 Å². The van der Waals surface area contributed by atoms with Gasteiger partial charge in [0.15, 0.2) is 0 Å². The molecule has 1 heterocycles. The number of halogens is 4. The number of benzene rings is 2. The van der Waals surface area contributed by atoms with E-state index in [1.165, 1.54) is 41.1 Å². The average molecular weight is 373 g/mol. The normalized spacial score (nSPS) is 11.1. The van der Waals surface area contributed by atoms with Crippen LogP contribution in [-0.2, 0) is 6.18 Å². The van der Waals surface area contributed by atoms with Gasteiger partial charge < -0.3 is 9.88 Å². The molecule has 1 amide bonds. The van der Waals surface area contributed by atoms with Gasteiger partial charge in [-0.3, -0.25) is 4.79 Å². The first-order valence-corrected chi connectivity index (χ1v) is 7.65. The van der Waals surface area contributed by atoms with E-state index in [0.29, 0.717) is 0 Å². The van der Waals surface area contributed by atoms with Crippen molar-refractivity contribution >= 4 is 11.6 Å². The van der Waals surface area contributed by atoms with Gasteiger partial charge in [-0.05, 0) is 48.5 Å². The number of hydrogen-bond acceptors (Lipinski definition) is 2. The maximum atomic E-state index is 13.0. The summed E-state index contributed by atoms with van der Waals surface area (Å²) in [7, 11) is 0. The third kappa shape index (κ3) is 3.82. The highest BCUT2D eigenvalue weighted by molar-refractivity contribution is 6.05. The predicted octanol–water partition coefficient (Wildman–Crippen LogP) is 4.76. The van der Waals surface area contributed by atoms with Crippen molar-refractivity contribution < 1.29 is 22.4 Å². The first-order chi connectivity index (χ1) is 12.8. The lowest BCUT2D eigenvalue weighted by Gasteiger charge is -2.13. The number of anilines is 1. The van der Waals surface area contributed by atoms with E-state index in [0.717, 1.165) is 24.3 Å². The summed E-state index contributed by atoms with van der Waals surface area (Å²) >= 11 is 0. The van der Waals surface area contributed by atoms with E-state index in [2.05, 4.69) is 5.32 Å². The zero-order chi connectivity index (χ0) is 19.6. The molecule has 0 radical (unpaired) electrons. The Kier molecular flexibility index (Phi) is 4.69. The maximum absolute atomic E-state index is 13.0. The predicted molar refractivity (Wildman–Crippen MR) is 89.8 cm³/mol. The van der Waals surface area contributed by atoms with Crippen LogP contribution >= 0.6 is 0 Å². The zero-order valence-corrected chi connectivity index (χ0v) is 13.6. The summed E-state index contributed by atoms with van der Waals surface area (Å²) in [6, 6.07) is 12.5. The smallest absolute Gasteiger partial charge is 0.321 e. The van der Waals surface area contributed by atoms with E-state index >= 15 is 0 Å². The second kappa shape index (κ2) is 6.96. The van der Waals surface area contributed by atoms with Crippen LogP contribution < -0.4 is 5.32 Å². The minimum absolute atomic E-state index is 0.00739. The van der Waals surface area contributed by atoms with Gasteiger partial charge >= 0.3 is 6.18 Å². The van der Waals surface area contributed by atoms with Crippen molar-refractivity contribution in [3.8, 4) is 11.8 Å². The van der Waals surface area contributed by atoms with Gasteiger partial charge in [-0.1, -0.05) is 6.07 Å². The summed E-state index contributed by atoms with van der Waals surface area (Å²) < 4.78 is 53.1. The molecule has 3 aromatic rings. The summed E-state index contributed by atoms with van der Waals surface area (Å²) in [4.78, 5) is 12.6. The fourth-order valence-electron chi connectivity index (χ4n) is 2.53. The number of rotatable bonds is 3. The minimum Gasteiger partial charge on any atom is -0.321 e. The summed E-state index contributed by atoms with van der Waals surface area (Å²) in [5.74, 6) is -1.20. The lowest BCUT2D eigenvalue weighted by molar-refractivity contribution is -0.137. The Hall–Kier alpha value is -3.60. The highest BCUT2D eigenvalue weighted by atomic mass is 19.4. The van der Waals surface area contributed by atoms with Crippen molar-refractivity contribution in [2.45, 2.75) is 6.18 Å². The van der Waals surface area contributed by atoms with E-state index in [4.69, 9.17) is 0 Å². The molecular formula is C19H11F4N3O. The van der Waals surface area contributed by atoms with E-state index in [1.54, 1.807) is 0 Å². The lowest BCUT2D eigenvalue weighted by Crippen LogP contribution is -2.18. The van der Waals surface area contributed by atoms with Crippen LogP contribution in [0.3, 0.4) is 0 Å². The van der Waals surface area contributed by atoms with Crippen LogP contribution in [0.4, 0.5) is 23.2 Å². The van der Waals surface area contributed by atoms with Gasteiger partial charge in [0.05, 0.1) is 11.1 Å². The summed E-state index contributed by atoms with van der Waals surface area (Å²) in [5, 5.41) is 11.7. The van der Waals surface area contributed by atoms with Gasteiger partial charge in [-0.2, -0.15) is 18.4 Å². The summed E-state index contributed by atoms with van der Waals surface area (Å²) in [6.07, 6.45) is -3.20. The van der Waals surface area contributed by atoms with Crippen molar-refractivity contribution in [1.82, 2.24) is 4.57 Å². The average Bonchev–Trinajstić information content (AvgIpc) is 3.07. The molecule has 3 rings (SSSR count). The molecule has 0 fully saturated rings. The summed E-state index contributed by atoms with van der Waals surface area (Å²) in [5.41, 5.74) is -0.650. The molecule has 27 heavy (non-hydrogen) atoms. The van der Waals surface area contributed by atoms with Crippen LogP contribution in [0.1, 0.15) is 21.6 Å². The number of carbonyl (C=O) groups excluding carboxylic acids is 1. The lowest BCUT2D eigenvalue weighted by atomic mass is 10.2. The molecule has 0 saturated carbocycles. The van der Waals surface area contributed by atoms with Crippen LogP contribution in [0.2, 0.25) is 0 Å². The molecule has 2 aromatic carbocycles. The molecule has 0 atom stereocenters. The first-order valence-electron chi connectivity index (χ1n) is 7.65. The molecule has 136 valence electrons. The third-order valence-electron chi connectivity index (χ3n) is 3.78. The molecule has 0 aliphatic rings. The van der Waals surface area contributed by atoms with Crippen LogP contribution in [0.15, 0.2) is 60.8 Å². The van der Waals surface area contributed by atoms with Gasteiger partial charge in [0.25, 0.3) is 5.91 Å². The van der Waals surface area contributed by atoms with E-state index in [9.17, 15) is 27.6 Å². The molecule has 4 nitrogen and oxygen atoms in total. The Bertz CT molecular complexity index is 1030. The van der Waals surface area contributed by atoms with Gasteiger partial charge in [-0.25, -0.2) is 4.39 Å². The molecule has 0 saturated heterocycles. The van der Waals surface area contributed by atoms with Crippen molar-refractivity contribution in [1.29, 1.82) is 5.26 Å². The molecule has 1 N–H and O–H groups in total. The number of nitriles is 1. The zero-order valence-electron chi connectivity index (χ0n) is 13.6. The number of alkyl halides is 3. The maximum Gasteiger partial charge on any atom is 0.416 e. The fourth-order valence-corrected chi connectivity index (χ4v) is 2.53. The van der Waals surface area contributed by atoms with Crippen molar-refractivity contribution in [3.63, 3.8) is 0 Å². The van der Waals surface area contributed by atoms with Crippen LogP contribution in [0.25, 0.3) is 5.69 Å². The Morgan fingerprint density at radius 1 is 1.07 bits per heavy atom. The molecule has 8 heteroatoms. The molecule has 0 spiro atoms. The quantitative estimate of drug-likeness (QED) is 0.673. The van der Waals surface area contributed by atoms with Gasteiger partial charge in [0.1, 0.15) is 17.6 Å². The van der Waals surface area contributed by atoms with Crippen molar-refractivity contribution in [2.24, 2.45) is 0 Å². The third-order valence-corrected chi connectivity index (χ3v) is 3.78.